The average Bonchev–Trinajstić information content (AvgIpc) is 3.04. The maximum atomic E-state index is 13.5. The van der Waals surface area contributed by atoms with Gasteiger partial charge >= 0.3 is 5.97 Å². The molecule has 0 aliphatic rings. The second-order valence-electron chi connectivity index (χ2n) is 5.05. The number of esters is 1. The molecule has 1 unspecified atom stereocenters. The second-order valence-corrected chi connectivity index (χ2v) is 5.94. The van der Waals surface area contributed by atoms with Crippen molar-refractivity contribution in [2.45, 2.75) is 13.0 Å². The SMILES string of the molecule is CC(OC(=O)c1ccc2ncsc2c1)C(=O)Nc1ccccc1F. The molecule has 3 rings (SSSR count). The summed E-state index contributed by atoms with van der Waals surface area (Å²) in [5.74, 6) is -1.78. The molecule has 3 aromatic rings. The molecule has 24 heavy (non-hydrogen) atoms. The zero-order valence-electron chi connectivity index (χ0n) is 12.7. The summed E-state index contributed by atoms with van der Waals surface area (Å²) in [5.41, 5.74) is 2.85. The van der Waals surface area contributed by atoms with Crippen molar-refractivity contribution in [1.29, 1.82) is 0 Å². The van der Waals surface area contributed by atoms with Crippen LogP contribution in [0.15, 0.2) is 48.0 Å². The Balaban J connectivity index is 1.67. The van der Waals surface area contributed by atoms with Gasteiger partial charge in [-0.2, -0.15) is 0 Å². The van der Waals surface area contributed by atoms with Crippen LogP contribution in [0.25, 0.3) is 10.2 Å². The largest absolute Gasteiger partial charge is 0.449 e. The molecule has 1 amide bonds. The Morgan fingerprint density at radius 3 is 2.83 bits per heavy atom. The van der Waals surface area contributed by atoms with E-state index in [4.69, 9.17) is 4.74 Å². The van der Waals surface area contributed by atoms with E-state index in [1.807, 2.05) is 0 Å². The number of benzene rings is 2. The average molecular weight is 344 g/mol. The molecule has 0 spiro atoms. The summed E-state index contributed by atoms with van der Waals surface area (Å²) in [7, 11) is 0. The van der Waals surface area contributed by atoms with Gasteiger partial charge in [-0.05, 0) is 37.3 Å². The number of amides is 1. The number of ether oxygens (including phenoxy) is 1. The topological polar surface area (TPSA) is 68.3 Å². The number of para-hydroxylation sites is 1. The van der Waals surface area contributed by atoms with Gasteiger partial charge < -0.3 is 10.1 Å². The first-order valence-corrected chi connectivity index (χ1v) is 8.02. The molecule has 1 aromatic heterocycles. The van der Waals surface area contributed by atoms with Crippen LogP contribution in [-0.4, -0.2) is 23.0 Å². The highest BCUT2D eigenvalue weighted by molar-refractivity contribution is 7.16. The zero-order valence-corrected chi connectivity index (χ0v) is 13.5. The minimum Gasteiger partial charge on any atom is -0.449 e. The summed E-state index contributed by atoms with van der Waals surface area (Å²) in [4.78, 5) is 28.3. The van der Waals surface area contributed by atoms with Crippen LogP contribution in [0.1, 0.15) is 17.3 Å². The van der Waals surface area contributed by atoms with E-state index >= 15 is 0 Å². The number of halogens is 1. The Hall–Kier alpha value is -2.80. The number of nitrogens with one attached hydrogen (secondary N) is 1. The van der Waals surface area contributed by atoms with Crippen molar-refractivity contribution >= 4 is 39.1 Å². The molecule has 0 aliphatic heterocycles. The predicted octanol–water partition coefficient (Wildman–Crippen LogP) is 3.62. The van der Waals surface area contributed by atoms with Crippen molar-refractivity contribution in [3.63, 3.8) is 0 Å². The standard InChI is InChI=1S/C17H13FN2O3S/c1-10(16(21)20-13-5-3-2-4-12(13)18)23-17(22)11-6-7-14-15(8-11)24-9-19-14/h2-10H,1H3,(H,20,21). The lowest BCUT2D eigenvalue weighted by Gasteiger charge is -2.14. The molecule has 0 bridgehead atoms. The molecule has 2 aromatic carbocycles. The number of anilines is 1. The Kier molecular flexibility index (Phi) is 4.52. The summed E-state index contributed by atoms with van der Waals surface area (Å²) >= 11 is 1.41. The molecule has 0 saturated carbocycles. The smallest absolute Gasteiger partial charge is 0.338 e. The third-order valence-electron chi connectivity index (χ3n) is 3.35. The fourth-order valence-corrected chi connectivity index (χ4v) is 2.78. The fourth-order valence-electron chi connectivity index (χ4n) is 2.06. The first kappa shape index (κ1) is 16.1. The summed E-state index contributed by atoms with van der Waals surface area (Å²) in [6.07, 6.45) is -1.06. The van der Waals surface area contributed by atoms with E-state index in [1.165, 1.54) is 36.5 Å². The summed E-state index contributed by atoms with van der Waals surface area (Å²) in [5, 5.41) is 2.39. The summed E-state index contributed by atoms with van der Waals surface area (Å²) < 4.78 is 19.5. The van der Waals surface area contributed by atoms with Crippen LogP contribution in [0.5, 0.6) is 0 Å². The summed E-state index contributed by atoms with van der Waals surface area (Å²) in [6, 6.07) is 10.7. The Morgan fingerprint density at radius 1 is 1.25 bits per heavy atom. The third-order valence-corrected chi connectivity index (χ3v) is 4.14. The van der Waals surface area contributed by atoms with Crippen molar-refractivity contribution < 1.29 is 18.7 Å². The highest BCUT2D eigenvalue weighted by Crippen LogP contribution is 2.20. The molecule has 1 heterocycles. The second kappa shape index (κ2) is 6.76. The van der Waals surface area contributed by atoms with E-state index in [0.29, 0.717) is 5.56 Å². The van der Waals surface area contributed by atoms with Crippen LogP contribution in [0, 0.1) is 5.82 Å². The van der Waals surface area contributed by atoms with Gasteiger partial charge in [-0.25, -0.2) is 14.2 Å². The number of thiazole rings is 1. The molecule has 0 radical (unpaired) electrons. The van der Waals surface area contributed by atoms with Gasteiger partial charge in [-0.1, -0.05) is 12.1 Å². The van der Waals surface area contributed by atoms with Crippen LogP contribution in [0.4, 0.5) is 10.1 Å². The Morgan fingerprint density at radius 2 is 2.04 bits per heavy atom. The molecule has 0 fully saturated rings. The lowest BCUT2D eigenvalue weighted by atomic mass is 10.2. The van der Waals surface area contributed by atoms with Gasteiger partial charge in [-0.3, -0.25) is 4.79 Å². The van der Waals surface area contributed by atoms with Gasteiger partial charge in [0, 0.05) is 0 Å². The normalized spacial score (nSPS) is 11.9. The van der Waals surface area contributed by atoms with E-state index < -0.39 is 23.8 Å². The molecule has 1 N–H and O–H groups in total. The van der Waals surface area contributed by atoms with Crippen LogP contribution in [-0.2, 0) is 9.53 Å². The highest BCUT2D eigenvalue weighted by Gasteiger charge is 2.20. The monoisotopic (exact) mass is 344 g/mol. The number of hydrogen-bond donors (Lipinski definition) is 1. The molecular weight excluding hydrogens is 331 g/mol. The van der Waals surface area contributed by atoms with Crippen molar-refractivity contribution in [1.82, 2.24) is 4.98 Å². The van der Waals surface area contributed by atoms with E-state index in [0.717, 1.165) is 10.2 Å². The maximum Gasteiger partial charge on any atom is 0.338 e. The van der Waals surface area contributed by atoms with Crippen molar-refractivity contribution in [2.24, 2.45) is 0 Å². The van der Waals surface area contributed by atoms with E-state index in [1.54, 1.807) is 29.8 Å². The molecule has 122 valence electrons. The van der Waals surface area contributed by atoms with Gasteiger partial charge in [0.05, 0.1) is 27.0 Å². The number of rotatable bonds is 4. The van der Waals surface area contributed by atoms with Gasteiger partial charge in [0.2, 0.25) is 0 Å². The third kappa shape index (κ3) is 3.41. The fraction of sp³-hybridized carbons (Fsp3) is 0.118. The van der Waals surface area contributed by atoms with Gasteiger partial charge in [0.1, 0.15) is 5.82 Å². The van der Waals surface area contributed by atoms with Gasteiger partial charge in [0.25, 0.3) is 5.91 Å². The van der Waals surface area contributed by atoms with E-state index in [9.17, 15) is 14.0 Å². The zero-order chi connectivity index (χ0) is 17.1. The van der Waals surface area contributed by atoms with Gasteiger partial charge in [-0.15, -0.1) is 11.3 Å². The summed E-state index contributed by atoms with van der Waals surface area (Å²) in [6.45, 7) is 1.43. The number of nitrogens with zero attached hydrogens (tertiary/aromatic N) is 1. The molecule has 5 nitrogen and oxygen atoms in total. The Labute approximate surface area is 141 Å². The first-order chi connectivity index (χ1) is 11.5. The number of hydrogen-bond acceptors (Lipinski definition) is 5. The van der Waals surface area contributed by atoms with E-state index in [-0.39, 0.29) is 5.69 Å². The number of fused-ring (bicyclic) bond motifs is 1. The lowest BCUT2D eigenvalue weighted by Crippen LogP contribution is -2.30. The van der Waals surface area contributed by atoms with Crippen LogP contribution in [0.2, 0.25) is 0 Å². The number of aromatic nitrogens is 1. The van der Waals surface area contributed by atoms with Crippen molar-refractivity contribution in [2.75, 3.05) is 5.32 Å². The maximum absolute atomic E-state index is 13.5. The highest BCUT2D eigenvalue weighted by atomic mass is 32.1. The number of carbonyl (C=O) groups excluding carboxylic acids is 2. The molecular formula is C17H13FN2O3S. The predicted molar refractivity (Wildman–Crippen MR) is 89.5 cm³/mol. The van der Waals surface area contributed by atoms with Crippen LogP contribution < -0.4 is 5.32 Å². The molecule has 0 aliphatic carbocycles. The minimum absolute atomic E-state index is 0.0384. The quantitative estimate of drug-likeness (QED) is 0.734. The lowest BCUT2D eigenvalue weighted by molar-refractivity contribution is -0.123. The number of carbonyl (C=O) groups is 2. The van der Waals surface area contributed by atoms with Crippen molar-refractivity contribution in [3.05, 3.63) is 59.4 Å². The minimum atomic E-state index is -1.06. The van der Waals surface area contributed by atoms with E-state index in [2.05, 4.69) is 10.3 Å². The first-order valence-electron chi connectivity index (χ1n) is 7.14. The molecule has 0 saturated heterocycles. The molecule has 7 heteroatoms. The van der Waals surface area contributed by atoms with Crippen molar-refractivity contribution in [3.8, 4) is 0 Å². The van der Waals surface area contributed by atoms with Crippen LogP contribution in [0.3, 0.4) is 0 Å². The van der Waals surface area contributed by atoms with Crippen LogP contribution >= 0.6 is 11.3 Å². The Bertz CT molecular complexity index is 909. The van der Waals surface area contributed by atoms with Gasteiger partial charge in [0.15, 0.2) is 6.10 Å². The molecule has 1 atom stereocenters.